The molecule has 4 aliphatic heterocycles. The molecule has 0 aromatic rings. The zero-order valence-corrected chi connectivity index (χ0v) is 20.8. The molecule has 4 aliphatic rings. The van der Waals surface area contributed by atoms with E-state index < -0.39 is 22.6 Å². The van der Waals surface area contributed by atoms with Crippen LogP contribution in [0, 0.1) is 11.8 Å². The number of hydrogen-bond acceptors (Lipinski definition) is 8. The Balaban J connectivity index is 1.60. The van der Waals surface area contributed by atoms with Gasteiger partial charge in [0.05, 0.1) is 36.4 Å². The maximum Gasteiger partial charge on any atom is 0.310 e. The third-order valence-corrected chi connectivity index (χ3v) is 9.55. The molecule has 4 fully saturated rings. The lowest BCUT2D eigenvalue weighted by atomic mass is 9.71. The molecule has 9 nitrogen and oxygen atoms in total. The number of aliphatic hydroxyl groups is 1. The zero-order chi connectivity index (χ0) is 24.3. The third-order valence-electron chi connectivity index (χ3n) is 7.60. The smallest absolute Gasteiger partial charge is 0.310 e. The molecule has 1 spiro atoms. The van der Waals surface area contributed by atoms with Crippen LogP contribution in [0.2, 0.25) is 0 Å². The molecule has 0 aromatic carbocycles. The van der Waals surface area contributed by atoms with Crippen molar-refractivity contribution in [3.05, 3.63) is 12.7 Å². The molecule has 0 saturated carbocycles. The normalized spacial score (nSPS) is 32.6. The highest BCUT2D eigenvalue weighted by Gasteiger charge is 2.74. The summed E-state index contributed by atoms with van der Waals surface area (Å²) in [4.78, 5) is 46.4. The molecular weight excluding hydrogens is 458 g/mol. The number of fused-ring (bicyclic) bond motifs is 1. The van der Waals surface area contributed by atoms with E-state index in [9.17, 15) is 19.5 Å². The fourth-order valence-corrected chi connectivity index (χ4v) is 8.33. The van der Waals surface area contributed by atoms with E-state index >= 15 is 0 Å². The highest BCUT2D eigenvalue weighted by molar-refractivity contribution is 8.02. The van der Waals surface area contributed by atoms with Gasteiger partial charge in [-0.3, -0.25) is 19.3 Å². The molecular formula is C24H37N3O6S. The van der Waals surface area contributed by atoms with Crippen molar-refractivity contribution in [2.45, 2.75) is 42.2 Å². The zero-order valence-electron chi connectivity index (χ0n) is 20.0. The molecule has 34 heavy (non-hydrogen) atoms. The van der Waals surface area contributed by atoms with Gasteiger partial charge in [-0.15, -0.1) is 18.3 Å². The first-order valence-corrected chi connectivity index (χ1v) is 13.3. The molecule has 2 bridgehead atoms. The molecule has 10 heteroatoms. The Kier molecular flexibility index (Phi) is 8.22. The van der Waals surface area contributed by atoms with Crippen molar-refractivity contribution < 1.29 is 29.0 Å². The van der Waals surface area contributed by atoms with Crippen molar-refractivity contribution in [1.82, 2.24) is 14.7 Å². The second-order valence-corrected chi connectivity index (χ2v) is 11.0. The van der Waals surface area contributed by atoms with E-state index in [0.717, 1.165) is 32.5 Å². The standard InChI is InChI=1S/C24H37N3O6S/c1-3-8-26(11-10-25-12-15-32-16-13-25)22(30)20-24-7-6-17(34-24)18(23(31)33-4-2)19(24)21(29)27(20)9-5-14-28/h3,17-20,28H,1,4-16H2,2H3/t17-,18+,19+,20?,24?/m1/s1. The van der Waals surface area contributed by atoms with Crippen molar-refractivity contribution in [3.63, 3.8) is 0 Å². The van der Waals surface area contributed by atoms with E-state index in [4.69, 9.17) is 9.47 Å². The molecule has 1 N–H and O–H groups in total. The number of ether oxygens (including phenoxy) is 2. The largest absolute Gasteiger partial charge is 0.466 e. The number of nitrogens with zero attached hydrogens (tertiary/aromatic N) is 3. The van der Waals surface area contributed by atoms with Gasteiger partial charge < -0.3 is 24.4 Å². The van der Waals surface area contributed by atoms with Gasteiger partial charge in [-0.25, -0.2) is 0 Å². The maximum atomic E-state index is 14.1. The minimum Gasteiger partial charge on any atom is -0.466 e. The van der Waals surface area contributed by atoms with Gasteiger partial charge in [-0.05, 0) is 26.2 Å². The van der Waals surface area contributed by atoms with Crippen LogP contribution in [0.15, 0.2) is 12.7 Å². The molecule has 4 saturated heterocycles. The summed E-state index contributed by atoms with van der Waals surface area (Å²) in [5, 5.41) is 9.46. The summed E-state index contributed by atoms with van der Waals surface area (Å²) in [7, 11) is 0. The summed E-state index contributed by atoms with van der Waals surface area (Å²) in [5.74, 6) is -1.62. The fourth-order valence-electron chi connectivity index (χ4n) is 6.13. The molecule has 0 aliphatic carbocycles. The van der Waals surface area contributed by atoms with Crippen LogP contribution in [0.4, 0.5) is 0 Å². The number of thioether (sulfide) groups is 1. The number of hydrogen-bond donors (Lipinski definition) is 1. The van der Waals surface area contributed by atoms with E-state index in [0.29, 0.717) is 39.3 Å². The number of aliphatic hydroxyl groups excluding tert-OH is 1. The lowest BCUT2D eigenvalue weighted by molar-refractivity contribution is -0.153. The van der Waals surface area contributed by atoms with Crippen LogP contribution < -0.4 is 0 Å². The van der Waals surface area contributed by atoms with Crippen LogP contribution in [0.3, 0.4) is 0 Å². The van der Waals surface area contributed by atoms with Crippen molar-refractivity contribution in [2.75, 3.05) is 65.7 Å². The van der Waals surface area contributed by atoms with Gasteiger partial charge in [0.15, 0.2) is 0 Å². The van der Waals surface area contributed by atoms with Crippen LogP contribution in [0.1, 0.15) is 26.2 Å². The van der Waals surface area contributed by atoms with Gasteiger partial charge >= 0.3 is 5.97 Å². The Morgan fingerprint density at radius 1 is 1.35 bits per heavy atom. The van der Waals surface area contributed by atoms with E-state index in [-0.39, 0.29) is 36.2 Å². The highest BCUT2D eigenvalue weighted by atomic mass is 32.2. The molecule has 4 rings (SSSR count). The Morgan fingerprint density at radius 2 is 2.12 bits per heavy atom. The van der Waals surface area contributed by atoms with Gasteiger partial charge in [-0.2, -0.15) is 0 Å². The van der Waals surface area contributed by atoms with Crippen molar-refractivity contribution >= 4 is 29.5 Å². The van der Waals surface area contributed by atoms with Crippen molar-refractivity contribution in [3.8, 4) is 0 Å². The summed E-state index contributed by atoms with van der Waals surface area (Å²) < 4.78 is 10.2. The molecule has 2 amide bonds. The monoisotopic (exact) mass is 495 g/mol. The number of esters is 1. The first-order chi connectivity index (χ1) is 16.5. The number of rotatable bonds is 11. The summed E-state index contributed by atoms with van der Waals surface area (Å²) in [5.41, 5.74) is 0. The minimum absolute atomic E-state index is 0.00416. The number of amides is 2. The number of morpholine rings is 1. The van der Waals surface area contributed by atoms with Gasteiger partial charge in [0.25, 0.3) is 0 Å². The Morgan fingerprint density at radius 3 is 2.79 bits per heavy atom. The van der Waals surface area contributed by atoms with Gasteiger partial charge in [-0.1, -0.05) is 6.08 Å². The van der Waals surface area contributed by atoms with Crippen LogP contribution in [-0.2, 0) is 23.9 Å². The number of carbonyl (C=O) groups is 3. The first kappa shape index (κ1) is 25.5. The van der Waals surface area contributed by atoms with Crippen LogP contribution in [-0.4, -0.2) is 119 Å². The topological polar surface area (TPSA) is 99.6 Å². The summed E-state index contributed by atoms with van der Waals surface area (Å²) >= 11 is 1.64. The minimum atomic E-state index is -0.643. The highest BCUT2D eigenvalue weighted by Crippen LogP contribution is 2.66. The van der Waals surface area contributed by atoms with Crippen molar-refractivity contribution in [1.29, 1.82) is 0 Å². The molecule has 190 valence electrons. The quantitative estimate of drug-likeness (QED) is 0.324. The summed E-state index contributed by atoms with van der Waals surface area (Å²) in [6, 6.07) is -0.643. The fraction of sp³-hybridized carbons (Fsp3) is 0.792. The molecule has 0 radical (unpaired) electrons. The predicted molar refractivity (Wildman–Crippen MR) is 128 cm³/mol. The Labute approximate surface area is 205 Å². The number of likely N-dealkylation sites (tertiary alicyclic amines) is 1. The Bertz CT molecular complexity index is 791. The molecule has 4 heterocycles. The van der Waals surface area contributed by atoms with E-state index in [1.54, 1.807) is 34.6 Å². The number of carbonyl (C=O) groups excluding carboxylic acids is 3. The average Bonchev–Trinajstić information content (AvgIpc) is 3.48. The first-order valence-electron chi connectivity index (χ1n) is 12.4. The van der Waals surface area contributed by atoms with E-state index in [1.165, 1.54) is 0 Å². The van der Waals surface area contributed by atoms with Gasteiger partial charge in [0.1, 0.15) is 6.04 Å². The predicted octanol–water partition coefficient (Wildman–Crippen LogP) is 0.370. The molecule has 5 atom stereocenters. The molecule has 2 unspecified atom stereocenters. The molecule has 0 aromatic heterocycles. The maximum absolute atomic E-state index is 14.1. The lowest BCUT2D eigenvalue weighted by Crippen LogP contribution is -2.56. The van der Waals surface area contributed by atoms with Crippen LogP contribution in [0.25, 0.3) is 0 Å². The average molecular weight is 496 g/mol. The summed E-state index contributed by atoms with van der Waals surface area (Å²) in [6.45, 7) is 10.9. The SMILES string of the molecule is C=CCN(CCN1CCOCC1)C(=O)C1N(CCCO)C(=O)[C@@H]2[C@@H](C(=O)OCC)[C@H]3CCC12S3. The third kappa shape index (κ3) is 4.50. The van der Waals surface area contributed by atoms with E-state index in [1.807, 2.05) is 0 Å². The summed E-state index contributed by atoms with van der Waals surface area (Å²) in [6.07, 6.45) is 3.64. The Hall–Kier alpha value is -1.62. The second kappa shape index (κ2) is 11.0. The lowest BCUT2D eigenvalue weighted by Gasteiger charge is -2.38. The van der Waals surface area contributed by atoms with Crippen molar-refractivity contribution in [2.24, 2.45) is 11.8 Å². The van der Waals surface area contributed by atoms with Crippen LogP contribution in [0.5, 0.6) is 0 Å². The van der Waals surface area contributed by atoms with Gasteiger partial charge in [0.2, 0.25) is 11.8 Å². The van der Waals surface area contributed by atoms with E-state index in [2.05, 4.69) is 11.5 Å². The second-order valence-electron chi connectivity index (χ2n) is 9.44. The van der Waals surface area contributed by atoms with Crippen LogP contribution >= 0.6 is 11.8 Å². The van der Waals surface area contributed by atoms with Gasteiger partial charge in [0, 0.05) is 51.1 Å².